The fourth-order valence-corrected chi connectivity index (χ4v) is 2.00. The van der Waals surface area contributed by atoms with E-state index in [9.17, 15) is 4.79 Å². The topological polar surface area (TPSA) is 46.5 Å². The van der Waals surface area contributed by atoms with Gasteiger partial charge in [0.25, 0.3) is 0 Å². The van der Waals surface area contributed by atoms with Crippen molar-refractivity contribution in [3.63, 3.8) is 0 Å². The maximum atomic E-state index is 11.0. The van der Waals surface area contributed by atoms with Gasteiger partial charge >= 0.3 is 5.97 Å². The molecule has 0 aliphatic heterocycles. The van der Waals surface area contributed by atoms with Crippen molar-refractivity contribution in [2.45, 2.75) is 6.10 Å². The number of hydrogen-bond donors (Lipinski definition) is 1. The number of hydrogen-bond acceptors (Lipinski definition) is 2. The quantitative estimate of drug-likeness (QED) is 0.924. The molecule has 0 saturated carbocycles. The van der Waals surface area contributed by atoms with Crippen LogP contribution < -0.4 is 0 Å². The molecule has 2 aromatic rings. The van der Waals surface area contributed by atoms with Gasteiger partial charge in [0.05, 0.1) is 0 Å². The Balaban J connectivity index is 2.27. The van der Waals surface area contributed by atoms with Crippen LogP contribution in [0.2, 0.25) is 5.02 Å². The van der Waals surface area contributed by atoms with E-state index in [-0.39, 0.29) is 0 Å². The van der Waals surface area contributed by atoms with Crippen molar-refractivity contribution < 1.29 is 14.6 Å². The smallest absolute Gasteiger partial charge is 0.337 e. The van der Waals surface area contributed by atoms with Gasteiger partial charge in [0.15, 0.2) is 6.10 Å². The molecular formula is C15H13ClO3. The number of carbonyl (C=O) groups is 1. The molecule has 4 heteroatoms. The molecule has 2 aromatic carbocycles. The van der Waals surface area contributed by atoms with Gasteiger partial charge in [0, 0.05) is 12.1 Å². The van der Waals surface area contributed by atoms with Crippen molar-refractivity contribution in [3.8, 4) is 11.1 Å². The minimum absolute atomic E-state index is 0.618. The highest BCUT2D eigenvalue weighted by Crippen LogP contribution is 2.24. The molecular weight excluding hydrogens is 264 g/mol. The number of methoxy groups -OCH3 is 1. The summed E-state index contributed by atoms with van der Waals surface area (Å²) in [5.74, 6) is -0.998. The highest BCUT2D eigenvalue weighted by Gasteiger charge is 2.18. The summed E-state index contributed by atoms with van der Waals surface area (Å²) in [4.78, 5) is 11.0. The van der Waals surface area contributed by atoms with Gasteiger partial charge in [-0.25, -0.2) is 4.79 Å². The maximum Gasteiger partial charge on any atom is 0.337 e. The van der Waals surface area contributed by atoms with Crippen LogP contribution in [-0.4, -0.2) is 18.2 Å². The van der Waals surface area contributed by atoms with Gasteiger partial charge in [-0.1, -0.05) is 48.0 Å². The molecule has 0 spiro atoms. The predicted octanol–water partition coefficient (Wildman–Crippen LogP) is 3.78. The number of carboxylic acids is 1. The molecule has 0 bridgehead atoms. The fourth-order valence-electron chi connectivity index (χ4n) is 1.87. The van der Waals surface area contributed by atoms with Crippen molar-refractivity contribution in [2.75, 3.05) is 7.11 Å². The largest absolute Gasteiger partial charge is 0.479 e. The van der Waals surface area contributed by atoms with Crippen molar-refractivity contribution in [1.29, 1.82) is 0 Å². The summed E-state index contributed by atoms with van der Waals surface area (Å²) >= 11 is 5.84. The summed E-state index contributed by atoms with van der Waals surface area (Å²) in [6.45, 7) is 0. The van der Waals surface area contributed by atoms with E-state index in [1.54, 1.807) is 12.1 Å². The predicted molar refractivity (Wildman–Crippen MR) is 74.3 cm³/mol. The first kappa shape index (κ1) is 13.6. The number of rotatable bonds is 4. The fraction of sp³-hybridized carbons (Fsp3) is 0.133. The van der Waals surface area contributed by atoms with E-state index < -0.39 is 12.1 Å². The average molecular weight is 277 g/mol. The first-order valence-corrected chi connectivity index (χ1v) is 6.11. The number of halogens is 1. The molecule has 0 aromatic heterocycles. The van der Waals surface area contributed by atoms with Crippen molar-refractivity contribution >= 4 is 17.6 Å². The summed E-state index contributed by atoms with van der Waals surface area (Å²) in [5, 5.41) is 9.69. The van der Waals surface area contributed by atoms with E-state index in [4.69, 9.17) is 21.4 Å². The second kappa shape index (κ2) is 5.87. The molecule has 1 N–H and O–H groups in total. The highest BCUT2D eigenvalue weighted by atomic mass is 35.5. The summed E-state index contributed by atoms with van der Waals surface area (Å²) in [6.07, 6.45) is -0.931. The van der Waals surface area contributed by atoms with Gasteiger partial charge in [-0.3, -0.25) is 0 Å². The van der Waals surface area contributed by atoms with E-state index in [0.29, 0.717) is 10.6 Å². The Kier molecular flexibility index (Phi) is 4.20. The Labute approximate surface area is 116 Å². The normalized spacial score (nSPS) is 12.1. The first-order chi connectivity index (χ1) is 9.11. The summed E-state index contributed by atoms with van der Waals surface area (Å²) < 4.78 is 4.94. The molecule has 0 fully saturated rings. The van der Waals surface area contributed by atoms with Gasteiger partial charge in [-0.15, -0.1) is 0 Å². The van der Waals surface area contributed by atoms with Crippen molar-refractivity contribution in [2.24, 2.45) is 0 Å². The highest BCUT2D eigenvalue weighted by molar-refractivity contribution is 6.30. The molecule has 2 rings (SSSR count). The third kappa shape index (κ3) is 3.13. The van der Waals surface area contributed by atoms with Gasteiger partial charge in [-0.05, 0) is 28.8 Å². The summed E-state index contributed by atoms with van der Waals surface area (Å²) in [5.41, 5.74) is 2.65. The van der Waals surface area contributed by atoms with Crippen LogP contribution in [0, 0.1) is 0 Å². The zero-order valence-electron chi connectivity index (χ0n) is 10.3. The van der Waals surface area contributed by atoms with Gasteiger partial charge in [0.2, 0.25) is 0 Å². The molecule has 19 heavy (non-hydrogen) atoms. The number of aliphatic carboxylic acids is 1. The molecule has 98 valence electrons. The molecule has 3 nitrogen and oxygen atoms in total. The Morgan fingerprint density at radius 1 is 1.05 bits per heavy atom. The Bertz CT molecular complexity index is 561. The van der Waals surface area contributed by atoms with Crippen LogP contribution in [0.1, 0.15) is 11.7 Å². The maximum absolute atomic E-state index is 11.0. The second-order valence-corrected chi connectivity index (χ2v) is 4.52. The van der Waals surface area contributed by atoms with Gasteiger partial charge in [-0.2, -0.15) is 0 Å². The van der Waals surface area contributed by atoms with Gasteiger partial charge < -0.3 is 9.84 Å². The minimum Gasteiger partial charge on any atom is -0.479 e. The second-order valence-electron chi connectivity index (χ2n) is 4.08. The van der Waals surface area contributed by atoms with Crippen LogP contribution in [0.3, 0.4) is 0 Å². The monoisotopic (exact) mass is 276 g/mol. The summed E-state index contributed by atoms with van der Waals surface area (Å²) in [7, 11) is 1.38. The van der Waals surface area contributed by atoms with E-state index >= 15 is 0 Å². The number of benzene rings is 2. The van der Waals surface area contributed by atoms with Crippen LogP contribution in [0.25, 0.3) is 11.1 Å². The van der Waals surface area contributed by atoms with Crippen LogP contribution in [-0.2, 0) is 9.53 Å². The third-order valence-corrected chi connectivity index (χ3v) is 3.10. The Morgan fingerprint density at radius 2 is 1.53 bits per heavy atom. The molecule has 0 amide bonds. The Hall–Kier alpha value is -1.84. The SMILES string of the molecule is COC(C(=O)O)c1ccc(-c2ccc(Cl)cc2)cc1. The zero-order chi connectivity index (χ0) is 13.8. The van der Waals surface area contributed by atoms with E-state index in [1.807, 2.05) is 36.4 Å². The molecule has 0 radical (unpaired) electrons. The summed E-state index contributed by atoms with van der Waals surface area (Å²) in [6, 6.07) is 14.7. The molecule has 1 atom stereocenters. The van der Waals surface area contributed by atoms with Crippen LogP contribution in [0.4, 0.5) is 0 Å². The number of ether oxygens (including phenoxy) is 1. The molecule has 0 aliphatic rings. The Morgan fingerprint density at radius 3 is 1.95 bits per heavy atom. The lowest BCUT2D eigenvalue weighted by Crippen LogP contribution is -2.13. The lowest BCUT2D eigenvalue weighted by Gasteiger charge is -2.11. The minimum atomic E-state index is -0.998. The standard InChI is InChI=1S/C15H13ClO3/c1-19-14(15(17)18)12-4-2-10(3-5-12)11-6-8-13(16)9-7-11/h2-9,14H,1H3,(H,17,18). The van der Waals surface area contributed by atoms with Crippen LogP contribution in [0.5, 0.6) is 0 Å². The van der Waals surface area contributed by atoms with Crippen LogP contribution in [0.15, 0.2) is 48.5 Å². The van der Waals surface area contributed by atoms with Crippen LogP contribution >= 0.6 is 11.6 Å². The van der Waals surface area contributed by atoms with E-state index in [0.717, 1.165) is 11.1 Å². The van der Waals surface area contributed by atoms with Crippen molar-refractivity contribution in [3.05, 3.63) is 59.1 Å². The molecule has 0 saturated heterocycles. The number of carboxylic acid groups (broad SMARTS) is 1. The first-order valence-electron chi connectivity index (χ1n) is 5.73. The van der Waals surface area contributed by atoms with Crippen molar-refractivity contribution in [1.82, 2.24) is 0 Å². The molecule has 1 unspecified atom stereocenters. The lowest BCUT2D eigenvalue weighted by molar-refractivity contribution is -0.148. The third-order valence-electron chi connectivity index (χ3n) is 2.85. The van der Waals surface area contributed by atoms with E-state index in [1.165, 1.54) is 7.11 Å². The van der Waals surface area contributed by atoms with Gasteiger partial charge in [0.1, 0.15) is 0 Å². The zero-order valence-corrected chi connectivity index (χ0v) is 11.1. The van der Waals surface area contributed by atoms with E-state index in [2.05, 4.69) is 0 Å². The lowest BCUT2D eigenvalue weighted by atomic mass is 10.0. The molecule has 0 heterocycles. The molecule has 0 aliphatic carbocycles. The average Bonchev–Trinajstić information content (AvgIpc) is 2.41.